The topological polar surface area (TPSA) is 32.7 Å². The first-order chi connectivity index (χ1) is 9.15. The summed E-state index contributed by atoms with van der Waals surface area (Å²) in [5.41, 5.74) is 1.25. The minimum atomic E-state index is -0.231. The molecular formula is C16H27NO2. The number of hydrogen-bond acceptors (Lipinski definition) is 3. The summed E-state index contributed by atoms with van der Waals surface area (Å²) in [5, 5.41) is 9.25. The van der Waals surface area contributed by atoms with Gasteiger partial charge in [-0.1, -0.05) is 26.0 Å². The van der Waals surface area contributed by atoms with E-state index in [1.165, 1.54) is 5.56 Å². The molecule has 0 amide bonds. The predicted molar refractivity (Wildman–Crippen MR) is 79.7 cm³/mol. The van der Waals surface area contributed by atoms with Gasteiger partial charge in [0.05, 0.1) is 6.10 Å². The standard InChI is InChI=1S/C16H27NO2/c1-4-17(5-2)12-13-19-16-10-8-15(9-11-16)7-6-14(3)18/h8-11,14,18H,4-7,12-13H2,1-3H3. The normalized spacial score (nSPS) is 12.7. The second-order valence-corrected chi connectivity index (χ2v) is 4.91. The number of rotatable bonds is 9. The zero-order chi connectivity index (χ0) is 14.1. The van der Waals surface area contributed by atoms with E-state index in [0.717, 1.165) is 44.8 Å². The molecule has 1 unspecified atom stereocenters. The molecule has 0 saturated carbocycles. The molecule has 1 aromatic carbocycles. The summed E-state index contributed by atoms with van der Waals surface area (Å²) in [6.45, 7) is 9.99. The Bertz CT molecular complexity index is 331. The van der Waals surface area contributed by atoms with Gasteiger partial charge in [-0.3, -0.25) is 0 Å². The van der Waals surface area contributed by atoms with Crippen LogP contribution >= 0.6 is 0 Å². The average Bonchev–Trinajstić information content (AvgIpc) is 2.42. The number of likely N-dealkylation sites (N-methyl/N-ethyl adjacent to an activating group) is 1. The Morgan fingerprint density at radius 3 is 2.32 bits per heavy atom. The molecule has 0 aromatic heterocycles. The maximum Gasteiger partial charge on any atom is 0.119 e. The minimum absolute atomic E-state index is 0.231. The van der Waals surface area contributed by atoms with E-state index in [9.17, 15) is 5.11 Å². The third-order valence-corrected chi connectivity index (χ3v) is 3.34. The monoisotopic (exact) mass is 265 g/mol. The highest BCUT2D eigenvalue weighted by atomic mass is 16.5. The number of ether oxygens (including phenoxy) is 1. The van der Waals surface area contributed by atoms with Crippen LogP contribution in [0.3, 0.4) is 0 Å². The molecule has 0 aliphatic carbocycles. The number of nitrogens with zero attached hydrogens (tertiary/aromatic N) is 1. The number of aliphatic hydroxyl groups is 1. The molecule has 1 atom stereocenters. The highest BCUT2D eigenvalue weighted by molar-refractivity contribution is 5.27. The van der Waals surface area contributed by atoms with Crippen LogP contribution in [-0.4, -0.2) is 42.4 Å². The van der Waals surface area contributed by atoms with Crippen molar-refractivity contribution in [1.82, 2.24) is 4.90 Å². The maximum absolute atomic E-state index is 9.25. The molecule has 3 heteroatoms. The van der Waals surface area contributed by atoms with E-state index < -0.39 is 0 Å². The zero-order valence-electron chi connectivity index (χ0n) is 12.4. The average molecular weight is 265 g/mol. The molecule has 0 aliphatic rings. The van der Waals surface area contributed by atoms with Crippen molar-refractivity contribution in [3.63, 3.8) is 0 Å². The van der Waals surface area contributed by atoms with Gasteiger partial charge >= 0.3 is 0 Å². The molecule has 0 bridgehead atoms. The van der Waals surface area contributed by atoms with Crippen LogP contribution in [0.2, 0.25) is 0 Å². The Balaban J connectivity index is 2.31. The highest BCUT2D eigenvalue weighted by Crippen LogP contribution is 2.14. The quantitative estimate of drug-likeness (QED) is 0.745. The molecule has 19 heavy (non-hydrogen) atoms. The third-order valence-electron chi connectivity index (χ3n) is 3.34. The molecule has 0 spiro atoms. The van der Waals surface area contributed by atoms with Gasteiger partial charge in [0.15, 0.2) is 0 Å². The van der Waals surface area contributed by atoms with Crippen molar-refractivity contribution >= 4 is 0 Å². The molecule has 108 valence electrons. The van der Waals surface area contributed by atoms with Crippen LogP contribution in [0.5, 0.6) is 5.75 Å². The Labute approximate surface area is 117 Å². The van der Waals surface area contributed by atoms with Gasteiger partial charge in [-0.2, -0.15) is 0 Å². The largest absolute Gasteiger partial charge is 0.492 e. The Hall–Kier alpha value is -1.06. The van der Waals surface area contributed by atoms with Crippen molar-refractivity contribution in [1.29, 1.82) is 0 Å². The SMILES string of the molecule is CCN(CC)CCOc1ccc(CCC(C)O)cc1. The van der Waals surface area contributed by atoms with Gasteiger partial charge in [-0.15, -0.1) is 0 Å². The van der Waals surface area contributed by atoms with Crippen molar-refractivity contribution in [2.45, 2.75) is 39.7 Å². The highest BCUT2D eigenvalue weighted by Gasteiger charge is 2.01. The second-order valence-electron chi connectivity index (χ2n) is 4.91. The zero-order valence-corrected chi connectivity index (χ0v) is 12.4. The number of aryl methyl sites for hydroxylation is 1. The van der Waals surface area contributed by atoms with Gasteiger partial charge in [-0.05, 0) is 50.6 Å². The van der Waals surface area contributed by atoms with Crippen LogP contribution in [0.25, 0.3) is 0 Å². The van der Waals surface area contributed by atoms with E-state index in [0.29, 0.717) is 0 Å². The summed E-state index contributed by atoms with van der Waals surface area (Å²) < 4.78 is 5.73. The molecule has 0 fully saturated rings. The van der Waals surface area contributed by atoms with E-state index in [1.54, 1.807) is 0 Å². The molecule has 1 rings (SSSR count). The van der Waals surface area contributed by atoms with Crippen molar-refractivity contribution in [2.75, 3.05) is 26.2 Å². The van der Waals surface area contributed by atoms with Crippen LogP contribution in [0.15, 0.2) is 24.3 Å². The van der Waals surface area contributed by atoms with Crippen molar-refractivity contribution in [3.8, 4) is 5.75 Å². The van der Waals surface area contributed by atoms with Crippen LogP contribution in [0.1, 0.15) is 32.8 Å². The lowest BCUT2D eigenvalue weighted by atomic mass is 10.1. The van der Waals surface area contributed by atoms with Gasteiger partial charge in [0.25, 0.3) is 0 Å². The molecule has 0 radical (unpaired) electrons. The van der Waals surface area contributed by atoms with E-state index >= 15 is 0 Å². The number of hydrogen-bond donors (Lipinski definition) is 1. The smallest absolute Gasteiger partial charge is 0.119 e. The fraction of sp³-hybridized carbons (Fsp3) is 0.625. The molecule has 1 aromatic rings. The lowest BCUT2D eigenvalue weighted by molar-refractivity contribution is 0.185. The van der Waals surface area contributed by atoms with Gasteiger partial charge in [0, 0.05) is 6.54 Å². The maximum atomic E-state index is 9.25. The number of benzene rings is 1. The molecular weight excluding hydrogens is 238 g/mol. The summed E-state index contributed by atoms with van der Waals surface area (Å²) in [5.74, 6) is 0.924. The van der Waals surface area contributed by atoms with Crippen LogP contribution in [-0.2, 0) is 6.42 Å². The van der Waals surface area contributed by atoms with Crippen molar-refractivity contribution in [3.05, 3.63) is 29.8 Å². The van der Waals surface area contributed by atoms with E-state index in [4.69, 9.17) is 4.74 Å². The summed E-state index contributed by atoms with van der Waals surface area (Å²) in [6.07, 6.45) is 1.49. The molecule has 0 saturated heterocycles. The van der Waals surface area contributed by atoms with Gasteiger partial charge in [0.1, 0.15) is 12.4 Å². The lowest BCUT2D eigenvalue weighted by Gasteiger charge is -2.18. The van der Waals surface area contributed by atoms with E-state index in [-0.39, 0.29) is 6.10 Å². The van der Waals surface area contributed by atoms with Gasteiger partial charge in [-0.25, -0.2) is 0 Å². The Morgan fingerprint density at radius 1 is 1.16 bits per heavy atom. The third kappa shape index (κ3) is 6.60. The van der Waals surface area contributed by atoms with E-state index in [1.807, 2.05) is 19.1 Å². The summed E-state index contributed by atoms with van der Waals surface area (Å²) in [4.78, 5) is 2.34. The summed E-state index contributed by atoms with van der Waals surface area (Å²) in [6, 6.07) is 8.18. The molecule has 0 heterocycles. The minimum Gasteiger partial charge on any atom is -0.492 e. The summed E-state index contributed by atoms with van der Waals surface area (Å²) >= 11 is 0. The van der Waals surface area contributed by atoms with Crippen LogP contribution in [0.4, 0.5) is 0 Å². The molecule has 3 nitrogen and oxygen atoms in total. The lowest BCUT2D eigenvalue weighted by Crippen LogP contribution is -2.27. The first-order valence-corrected chi connectivity index (χ1v) is 7.27. The summed E-state index contributed by atoms with van der Waals surface area (Å²) in [7, 11) is 0. The van der Waals surface area contributed by atoms with Crippen LogP contribution in [0, 0.1) is 0 Å². The van der Waals surface area contributed by atoms with Crippen LogP contribution < -0.4 is 4.74 Å². The second kappa shape index (κ2) is 8.94. The van der Waals surface area contributed by atoms with Gasteiger partial charge < -0.3 is 14.7 Å². The number of aliphatic hydroxyl groups excluding tert-OH is 1. The Kier molecular flexibility index (Phi) is 7.53. The predicted octanol–water partition coefficient (Wildman–Crippen LogP) is 2.72. The molecule has 0 aliphatic heterocycles. The first kappa shape index (κ1) is 16.0. The Morgan fingerprint density at radius 2 is 1.79 bits per heavy atom. The fourth-order valence-electron chi connectivity index (χ4n) is 1.96. The van der Waals surface area contributed by atoms with Crippen molar-refractivity contribution in [2.24, 2.45) is 0 Å². The van der Waals surface area contributed by atoms with Crippen molar-refractivity contribution < 1.29 is 9.84 Å². The molecule has 1 N–H and O–H groups in total. The fourth-order valence-corrected chi connectivity index (χ4v) is 1.96. The van der Waals surface area contributed by atoms with Gasteiger partial charge in [0.2, 0.25) is 0 Å². The first-order valence-electron chi connectivity index (χ1n) is 7.27. The van der Waals surface area contributed by atoms with E-state index in [2.05, 4.69) is 30.9 Å².